The molecule has 0 saturated heterocycles. The molecule has 5 heteroatoms. The third kappa shape index (κ3) is 4.20. The van der Waals surface area contributed by atoms with Gasteiger partial charge in [-0.15, -0.1) is 0 Å². The van der Waals surface area contributed by atoms with Crippen molar-refractivity contribution >= 4 is 23.7 Å². The zero-order valence-electron chi connectivity index (χ0n) is 11.3. The normalized spacial score (nSPS) is 9.90. The van der Waals surface area contributed by atoms with Crippen molar-refractivity contribution in [1.82, 2.24) is 4.72 Å². The maximum atomic E-state index is 11.7. The van der Waals surface area contributed by atoms with Crippen LogP contribution in [-0.4, -0.2) is 13.1 Å². The summed E-state index contributed by atoms with van der Waals surface area (Å²) in [6, 6.07) is 14.8. The van der Waals surface area contributed by atoms with Crippen LogP contribution in [0.4, 0.5) is 10.5 Å². The quantitative estimate of drug-likeness (QED) is 0.841. The average molecular weight is 288 g/mol. The number of carbonyl (C=O) groups excluding carboxylic acids is 1. The van der Waals surface area contributed by atoms with E-state index in [9.17, 15) is 4.79 Å². The van der Waals surface area contributed by atoms with Gasteiger partial charge in [-0.3, -0.25) is 4.72 Å². The van der Waals surface area contributed by atoms with Gasteiger partial charge in [-0.1, -0.05) is 17.7 Å². The molecule has 0 aliphatic heterocycles. The van der Waals surface area contributed by atoms with Crippen molar-refractivity contribution in [3.63, 3.8) is 0 Å². The van der Waals surface area contributed by atoms with E-state index in [1.165, 1.54) is 17.5 Å². The summed E-state index contributed by atoms with van der Waals surface area (Å²) in [5.74, 6) is 0.755. The summed E-state index contributed by atoms with van der Waals surface area (Å²) in [4.78, 5) is 12.7. The zero-order chi connectivity index (χ0) is 14.4. The highest BCUT2D eigenvalue weighted by atomic mass is 32.2. The van der Waals surface area contributed by atoms with Crippen LogP contribution in [0.2, 0.25) is 0 Å². The molecule has 0 radical (unpaired) electrons. The lowest BCUT2D eigenvalue weighted by atomic mass is 10.2. The number of nitrogens with one attached hydrogen (secondary N) is 2. The lowest BCUT2D eigenvalue weighted by Gasteiger charge is -2.07. The summed E-state index contributed by atoms with van der Waals surface area (Å²) < 4.78 is 7.79. The second-order valence-corrected chi connectivity index (χ2v) is 5.08. The van der Waals surface area contributed by atoms with Crippen molar-refractivity contribution in [3.05, 3.63) is 54.1 Å². The third-order valence-electron chi connectivity index (χ3n) is 2.63. The second kappa shape index (κ2) is 6.86. The highest BCUT2D eigenvalue weighted by molar-refractivity contribution is 7.98. The second-order valence-electron chi connectivity index (χ2n) is 4.20. The molecule has 0 spiro atoms. The molecule has 0 aliphatic carbocycles. The molecular formula is C15H16N2O2S. The number of ether oxygens (including phenoxy) is 1. The molecule has 2 rings (SSSR count). The summed E-state index contributed by atoms with van der Waals surface area (Å²) in [5, 5.41) is 2.75. The minimum Gasteiger partial charge on any atom is -0.497 e. The molecule has 0 atom stereocenters. The van der Waals surface area contributed by atoms with Crippen LogP contribution in [0.1, 0.15) is 5.56 Å². The van der Waals surface area contributed by atoms with Gasteiger partial charge in [0.05, 0.1) is 7.11 Å². The molecule has 104 valence electrons. The van der Waals surface area contributed by atoms with Gasteiger partial charge in [-0.25, -0.2) is 4.79 Å². The fraction of sp³-hybridized carbons (Fsp3) is 0.133. The lowest BCUT2D eigenvalue weighted by molar-refractivity contribution is 0.257. The zero-order valence-corrected chi connectivity index (χ0v) is 12.2. The number of anilines is 1. The van der Waals surface area contributed by atoms with E-state index >= 15 is 0 Å². The van der Waals surface area contributed by atoms with Gasteiger partial charge in [-0.2, -0.15) is 0 Å². The van der Waals surface area contributed by atoms with Crippen molar-refractivity contribution in [2.45, 2.75) is 11.8 Å². The summed E-state index contributed by atoms with van der Waals surface area (Å²) in [7, 11) is 1.60. The molecule has 2 amide bonds. The molecule has 4 nitrogen and oxygen atoms in total. The first-order valence-electron chi connectivity index (χ1n) is 6.12. The topological polar surface area (TPSA) is 50.4 Å². The van der Waals surface area contributed by atoms with Gasteiger partial charge in [0.25, 0.3) is 0 Å². The Morgan fingerprint density at radius 2 is 1.70 bits per heavy atom. The van der Waals surface area contributed by atoms with E-state index in [0.29, 0.717) is 5.69 Å². The molecule has 2 aromatic carbocycles. The van der Waals surface area contributed by atoms with Crippen molar-refractivity contribution in [2.75, 3.05) is 12.4 Å². The van der Waals surface area contributed by atoms with Crippen LogP contribution in [0.25, 0.3) is 0 Å². The number of benzene rings is 2. The maximum absolute atomic E-state index is 11.7. The van der Waals surface area contributed by atoms with E-state index in [1.54, 1.807) is 31.4 Å². The molecule has 0 bridgehead atoms. The standard InChI is InChI=1S/C15H16N2O2S/c1-11-3-9-14(10-4-11)20-17-15(18)16-12-5-7-13(19-2)8-6-12/h3-10H,1-2H3,(H2,16,17,18). The first kappa shape index (κ1) is 14.3. The highest BCUT2D eigenvalue weighted by Crippen LogP contribution is 2.17. The molecule has 0 aliphatic rings. The molecule has 0 unspecified atom stereocenters. The summed E-state index contributed by atoms with van der Waals surface area (Å²) in [6.07, 6.45) is 0. The van der Waals surface area contributed by atoms with Crippen LogP contribution < -0.4 is 14.8 Å². The highest BCUT2D eigenvalue weighted by Gasteiger charge is 2.02. The largest absolute Gasteiger partial charge is 0.497 e. The molecule has 0 heterocycles. The van der Waals surface area contributed by atoms with Gasteiger partial charge in [0.2, 0.25) is 0 Å². The monoisotopic (exact) mass is 288 g/mol. The van der Waals surface area contributed by atoms with E-state index < -0.39 is 0 Å². The summed E-state index contributed by atoms with van der Waals surface area (Å²) >= 11 is 1.28. The Morgan fingerprint density at radius 3 is 2.30 bits per heavy atom. The van der Waals surface area contributed by atoms with Gasteiger partial charge < -0.3 is 10.1 Å². The fourth-order valence-electron chi connectivity index (χ4n) is 1.54. The van der Waals surface area contributed by atoms with Crippen LogP contribution >= 0.6 is 11.9 Å². The minimum absolute atomic E-state index is 0.263. The van der Waals surface area contributed by atoms with E-state index in [2.05, 4.69) is 10.0 Å². The third-order valence-corrected chi connectivity index (χ3v) is 3.43. The number of amides is 2. The van der Waals surface area contributed by atoms with Gasteiger partial charge in [0.15, 0.2) is 0 Å². The molecule has 2 aromatic rings. The fourth-order valence-corrected chi connectivity index (χ4v) is 2.08. The number of rotatable bonds is 4. The smallest absolute Gasteiger partial charge is 0.329 e. The van der Waals surface area contributed by atoms with Crippen molar-refractivity contribution in [3.8, 4) is 5.75 Å². The molecule has 0 saturated carbocycles. The van der Waals surface area contributed by atoms with Crippen LogP contribution in [0.5, 0.6) is 5.75 Å². The van der Waals surface area contributed by atoms with Gasteiger partial charge >= 0.3 is 6.03 Å². The number of urea groups is 1. The molecule has 0 aromatic heterocycles. The lowest BCUT2D eigenvalue weighted by Crippen LogP contribution is -2.22. The van der Waals surface area contributed by atoms with E-state index in [-0.39, 0.29) is 6.03 Å². The molecule has 0 fully saturated rings. The number of hydrogen-bond acceptors (Lipinski definition) is 3. The SMILES string of the molecule is COc1ccc(NC(=O)NSc2ccc(C)cc2)cc1. The van der Waals surface area contributed by atoms with Crippen molar-refractivity contribution < 1.29 is 9.53 Å². The maximum Gasteiger partial charge on any atom is 0.329 e. The average Bonchev–Trinajstić information content (AvgIpc) is 2.47. The first-order chi connectivity index (χ1) is 9.67. The van der Waals surface area contributed by atoms with Crippen LogP contribution in [-0.2, 0) is 0 Å². The summed E-state index contributed by atoms with van der Waals surface area (Å²) in [6.45, 7) is 2.03. The predicted molar refractivity (Wildman–Crippen MR) is 82.2 cm³/mol. The number of methoxy groups -OCH3 is 1. The Balaban J connectivity index is 1.84. The van der Waals surface area contributed by atoms with Crippen molar-refractivity contribution in [2.24, 2.45) is 0 Å². The van der Waals surface area contributed by atoms with Crippen LogP contribution in [0, 0.1) is 6.92 Å². The van der Waals surface area contributed by atoms with E-state index in [4.69, 9.17) is 4.74 Å². The Labute approximate surface area is 122 Å². The van der Waals surface area contributed by atoms with Crippen molar-refractivity contribution in [1.29, 1.82) is 0 Å². The molecule has 2 N–H and O–H groups in total. The predicted octanol–water partition coefficient (Wildman–Crippen LogP) is 3.83. The Hall–Kier alpha value is -2.14. The van der Waals surface area contributed by atoms with Gasteiger partial charge in [0.1, 0.15) is 5.75 Å². The number of aryl methyl sites for hydroxylation is 1. The number of hydrogen-bond donors (Lipinski definition) is 2. The Morgan fingerprint density at radius 1 is 1.05 bits per heavy atom. The van der Waals surface area contributed by atoms with Crippen LogP contribution in [0.15, 0.2) is 53.4 Å². The van der Waals surface area contributed by atoms with E-state index in [1.807, 2.05) is 31.2 Å². The molecular weight excluding hydrogens is 272 g/mol. The first-order valence-corrected chi connectivity index (χ1v) is 6.93. The molecule has 20 heavy (non-hydrogen) atoms. The van der Waals surface area contributed by atoms with Crippen LogP contribution in [0.3, 0.4) is 0 Å². The van der Waals surface area contributed by atoms with Gasteiger partial charge in [0, 0.05) is 10.6 Å². The number of carbonyl (C=O) groups is 1. The van der Waals surface area contributed by atoms with E-state index in [0.717, 1.165) is 10.6 Å². The Bertz CT molecular complexity index is 567. The minimum atomic E-state index is -0.263. The summed E-state index contributed by atoms with van der Waals surface area (Å²) in [5.41, 5.74) is 1.91. The Kier molecular flexibility index (Phi) is 4.90. The van der Waals surface area contributed by atoms with Gasteiger partial charge in [-0.05, 0) is 55.3 Å².